The monoisotopic (exact) mass is 329 g/mol. The number of nitrogens with zero attached hydrogens (tertiary/aromatic N) is 1. The molecule has 1 aliphatic rings. The molecule has 0 unspecified atom stereocenters. The number of sulfonamides is 1. The maximum Gasteiger partial charge on any atom is 0.240 e. The third kappa shape index (κ3) is 4.02. The predicted molar refractivity (Wildman–Crippen MR) is 80.0 cm³/mol. The number of amides is 1. The number of piperidine rings is 1. The van der Waals surface area contributed by atoms with Crippen LogP contribution in [0.2, 0.25) is 0 Å². The van der Waals surface area contributed by atoms with E-state index in [0.29, 0.717) is 19.5 Å². The van der Waals surface area contributed by atoms with Crippen molar-refractivity contribution >= 4 is 15.9 Å². The summed E-state index contributed by atoms with van der Waals surface area (Å²) in [4.78, 5) is 13.0. The first kappa shape index (κ1) is 16.9. The number of hydrogen-bond donors (Lipinski definition) is 2. The van der Waals surface area contributed by atoms with E-state index in [1.165, 1.54) is 18.2 Å². The predicted octanol–water partition coefficient (Wildman–Crippen LogP) is 0.442. The highest BCUT2D eigenvalue weighted by atomic mass is 32.2. The van der Waals surface area contributed by atoms with Crippen LogP contribution in [-0.4, -0.2) is 44.4 Å². The summed E-state index contributed by atoms with van der Waals surface area (Å²) in [6.07, 6.45) is 1.42. The molecular formula is C14H20FN3O3S. The summed E-state index contributed by atoms with van der Waals surface area (Å²) in [6, 6.07) is 4.10. The molecule has 22 heavy (non-hydrogen) atoms. The number of primary amides is 1. The van der Waals surface area contributed by atoms with Gasteiger partial charge in [0.05, 0.1) is 10.9 Å². The fourth-order valence-corrected chi connectivity index (χ4v) is 3.85. The molecule has 1 saturated heterocycles. The fraction of sp³-hybridized carbons (Fsp3) is 0.500. The fourth-order valence-electron chi connectivity index (χ4n) is 2.56. The standard InChI is InChI=1S/C14H20FN3O3S/c1-10(14(16)19)18-7-3-5-12(9-18)17-22(20,21)13-6-2-4-11(15)8-13/h2,4,6,8,10,12,17H,3,5,7,9H2,1H3,(H2,16,19)/t10-,12+/m1/s1. The second-order valence-electron chi connectivity index (χ2n) is 5.49. The molecule has 122 valence electrons. The molecule has 0 saturated carbocycles. The van der Waals surface area contributed by atoms with Gasteiger partial charge < -0.3 is 5.73 Å². The Morgan fingerprint density at radius 1 is 1.50 bits per heavy atom. The lowest BCUT2D eigenvalue weighted by Crippen LogP contribution is -2.53. The second kappa shape index (κ2) is 6.72. The van der Waals surface area contributed by atoms with Gasteiger partial charge in [-0.25, -0.2) is 17.5 Å². The SMILES string of the molecule is C[C@H](C(N)=O)N1CCC[C@H](NS(=O)(=O)c2cccc(F)c2)C1. The van der Waals surface area contributed by atoms with Crippen LogP contribution in [0.15, 0.2) is 29.2 Å². The Balaban J connectivity index is 2.08. The van der Waals surface area contributed by atoms with Crippen molar-refractivity contribution in [2.75, 3.05) is 13.1 Å². The maximum atomic E-state index is 13.2. The van der Waals surface area contributed by atoms with Crippen molar-refractivity contribution in [3.63, 3.8) is 0 Å². The van der Waals surface area contributed by atoms with Crippen molar-refractivity contribution in [2.24, 2.45) is 5.73 Å². The highest BCUT2D eigenvalue weighted by Crippen LogP contribution is 2.17. The van der Waals surface area contributed by atoms with E-state index in [4.69, 9.17) is 5.73 Å². The minimum atomic E-state index is -3.78. The molecule has 1 aliphatic heterocycles. The first-order chi connectivity index (χ1) is 10.3. The highest BCUT2D eigenvalue weighted by molar-refractivity contribution is 7.89. The Bertz CT molecular complexity index is 650. The van der Waals surface area contributed by atoms with Gasteiger partial charge in [-0.3, -0.25) is 9.69 Å². The topological polar surface area (TPSA) is 92.5 Å². The van der Waals surface area contributed by atoms with Gasteiger partial charge in [0.1, 0.15) is 5.82 Å². The summed E-state index contributed by atoms with van der Waals surface area (Å²) >= 11 is 0. The quantitative estimate of drug-likeness (QED) is 0.820. The van der Waals surface area contributed by atoms with E-state index in [0.717, 1.165) is 12.5 Å². The van der Waals surface area contributed by atoms with Crippen LogP contribution in [0.4, 0.5) is 4.39 Å². The van der Waals surface area contributed by atoms with Crippen LogP contribution in [0.25, 0.3) is 0 Å². The van der Waals surface area contributed by atoms with E-state index in [1.807, 2.05) is 4.90 Å². The first-order valence-corrected chi connectivity index (χ1v) is 8.59. The molecule has 2 atom stereocenters. The second-order valence-corrected chi connectivity index (χ2v) is 7.21. The number of halogens is 1. The van der Waals surface area contributed by atoms with Crippen molar-refractivity contribution in [3.8, 4) is 0 Å². The molecule has 1 fully saturated rings. The average molecular weight is 329 g/mol. The third-order valence-corrected chi connectivity index (χ3v) is 5.36. The zero-order chi connectivity index (χ0) is 16.3. The number of carbonyl (C=O) groups is 1. The van der Waals surface area contributed by atoms with Gasteiger partial charge in [0.15, 0.2) is 0 Å². The summed E-state index contributed by atoms with van der Waals surface area (Å²) in [7, 11) is -3.78. The zero-order valence-electron chi connectivity index (χ0n) is 12.3. The van der Waals surface area contributed by atoms with Gasteiger partial charge in [0.2, 0.25) is 15.9 Å². The molecule has 1 heterocycles. The molecule has 0 bridgehead atoms. The molecule has 8 heteroatoms. The molecule has 0 radical (unpaired) electrons. The van der Waals surface area contributed by atoms with E-state index in [2.05, 4.69) is 4.72 Å². The normalized spacial score (nSPS) is 21.5. The minimum Gasteiger partial charge on any atom is -0.368 e. The largest absolute Gasteiger partial charge is 0.368 e. The van der Waals surface area contributed by atoms with Crippen LogP contribution in [0.1, 0.15) is 19.8 Å². The Kier molecular flexibility index (Phi) is 5.15. The Morgan fingerprint density at radius 3 is 2.86 bits per heavy atom. The van der Waals surface area contributed by atoms with Crippen molar-refractivity contribution < 1.29 is 17.6 Å². The van der Waals surface area contributed by atoms with Crippen LogP contribution in [-0.2, 0) is 14.8 Å². The summed E-state index contributed by atoms with van der Waals surface area (Å²) in [5.41, 5.74) is 5.29. The van der Waals surface area contributed by atoms with Crippen LogP contribution in [0.3, 0.4) is 0 Å². The van der Waals surface area contributed by atoms with E-state index in [9.17, 15) is 17.6 Å². The zero-order valence-corrected chi connectivity index (χ0v) is 13.1. The Morgan fingerprint density at radius 2 is 2.23 bits per heavy atom. The van der Waals surface area contributed by atoms with Crippen molar-refractivity contribution in [2.45, 2.75) is 36.7 Å². The smallest absolute Gasteiger partial charge is 0.240 e. The van der Waals surface area contributed by atoms with Gasteiger partial charge >= 0.3 is 0 Å². The van der Waals surface area contributed by atoms with Gasteiger partial charge in [0, 0.05) is 12.6 Å². The molecule has 2 rings (SSSR count). The lowest BCUT2D eigenvalue weighted by atomic mass is 10.0. The average Bonchev–Trinajstić information content (AvgIpc) is 2.46. The van der Waals surface area contributed by atoms with Gasteiger partial charge in [-0.05, 0) is 44.5 Å². The molecule has 3 N–H and O–H groups in total. The number of benzene rings is 1. The van der Waals surface area contributed by atoms with Crippen LogP contribution < -0.4 is 10.5 Å². The number of rotatable bonds is 5. The lowest BCUT2D eigenvalue weighted by molar-refractivity contribution is -0.123. The van der Waals surface area contributed by atoms with E-state index in [-0.39, 0.29) is 10.9 Å². The Labute approximate surface area is 129 Å². The number of hydrogen-bond acceptors (Lipinski definition) is 4. The van der Waals surface area contributed by atoms with E-state index in [1.54, 1.807) is 6.92 Å². The van der Waals surface area contributed by atoms with Crippen molar-refractivity contribution in [3.05, 3.63) is 30.1 Å². The molecule has 1 aromatic carbocycles. The van der Waals surface area contributed by atoms with Crippen LogP contribution in [0, 0.1) is 5.82 Å². The van der Waals surface area contributed by atoms with Crippen LogP contribution >= 0.6 is 0 Å². The summed E-state index contributed by atoms with van der Waals surface area (Å²) < 4.78 is 40.3. The number of nitrogens with two attached hydrogens (primary N) is 1. The minimum absolute atomic E-state index is 0.104. The maximum absolute atomic E-state index is 13.2. The number of likely N-dealkylation sites (tertiary alicyclic amines) is 1. The van der Waals surface area contributed by atoms with Gasteiger partial charge in [-0.1, -0.05) is 6.07 Å². The van der Waals surface area contributed by atoms with E-state index >= 15 is 0 Å². The van der Waals surface area contributed by atoms with Crippen LogP contribution in [0.5, 0.6) is 0 Å². The molecule has 0 spiro atoms. The summed E-state index contributed by atoms with van der Waals surface area (Å²) in [5.74, 6) is -1.04. The molecule has 1 amide bonds. The highest BCUT2D eigenvalue weighted by Gasteiger charge is 2.29. The van der Waals surface area contributed by atoms with E-state index < -0.39 is 27.8 Å². The van der Waals surface area contributed by atoms with Gasteiger partial charge in [-0.2, -0.15) is 0 Å². The summed E-state index contributed by atoms with van der Waals surface area (Å²) in [5, 5.41) is 0. The van der Waals surface area contributed by atoms with Gasteiger partial charge in [0.25, 0.3) is 0 Å². The van der Waals surface area contributed by atoms with Gasteiger partial charge in [-0.15, -0.1) is 0 Å². The molecular weight excluding hydrogens is 309 g/mol. The molecule has 0 aliphatic carbocycles. The third-order valence-electron chi connectivity index (χ3n) is 3.84. The molecule has 1 aromatic rings. The summed E-state index contributed by atoms with van der Waals surface area (Å²) in [6.45, 7) is 2.80. The van der Waals surface area contributed by atoms with Crippen molar-refractivity contribution in [1.29, 1.82) is 0 Å². The molecule has 6 nitrogen and oxygen atoms in total. The molecule has 0 aromatic heterocycles. The van der Waals surface area contributed by atoms with Crippen molar-refractivity contribution in [1.82, 2.24) is 9.62 Å². The first-order valence-electron chi connectivity index (χ1n) is 7.11. The Hall–Kier alpha value is -1.51. The number of carbonyl (C=O) groups excluding carboxylic acids is 1. The number of nitrogens with one attached hydrogen (secondary N) is 1. The lowest BCUT2D eigenvalue weighted by Gasteiger charge is -2.35.